The molecule has 1 heterocycles. The van der Waals surface area contributed by atoms with Gasteiger partial charge in [-0.05, 0) is 42.0 Å². The number of nitrogens with two attached hydrogens (primary N) is 1. The van der Waals surface area contributed by atoms with Crippen LogP contribution in [0.5, 0.6) is 0 Å². The monoisotopic (exact) mass is 283 g/mol. The van der Waals surface area contributed by atoms with Crippen LogP contribution in [0.4, 0.5) is 0 Å². The molecule has 1 unspecified atom stereocenters. The lowest BCUT2D eigenvalue weighted by Gasteiger charge is -2.25. The lowest BCUT2D eigenvalue weighted by atomic mass is 9.97. The van der Waals surface area contributed by atoms with Gasteiger partial charge in [0.1, 0.15) is 5.54 Å². The van der Waals surface area contributed by atoms with Crippen LogP contribution in [-0.2, 0) is 9.53 Å². The number of esters is 1. The molecule has 0 aliphatic heterocycles. The van der Waals surface area contributed by atoms with E-state index in [1.807, 2.05) is 4.68 Å². The van der Waals surface area contributed by atoms with Crippen molar-refractivity contribution in [2.45, 2.75) is 42.4 Å². The summed E-state index contributed by atoms with van der Waals surface area (Å²) in [5, 5.41) is 12.4. The molecule has 2 fully saturated rings. The number of aromatic nitrogens is 4. The average molecular weight is 283 g/mol. The zero-order valence-electron chi connectivity index (χ0n) is 10.8. The Morgan fingerprint density at radius 1 is 1.53 bits per heavy atom. The zero-order chi connectivity index (χ0) is 13.5. The van der Waals surface area contributed by atoms with Crippen molar-refractivity contribution in [3.63, 3.8) is 0 Å². The lowest BCUT2D eigenvalue weighted by molar-refractivity contribution is -0.146. The Labute approximate surface area is 115 Å². The van der Waals surface area contributed by atoms with Crippen molar-refractivity contribution in [3.8, 4) is 0 Å². The summed E-state index contributed by atoms with van der Waals surface area (Å²) in [6.45, 7) is 0. The molecular formula is C11H17N5O2S. The summed E-state index contributed by atoms with van der Waals surface area (Å²) in [6.07, 6.45) is 4.21. The van der Waals surface area contributed by atoms with E-state index < -0.39 is 5.54 Å². The van der Waals surface area contributed by atoms with Gasteiger partial charge < -0.3 is 10.5 Å². The largest absolute Gasteiger partial charge is 0.468 e. The van der Waals surface area contributed by atoms with E-state index >= 15 is 0 Å². The normalized spacial score (nSPS) is 22.0. The molecule has 8 heteroatoms. The molecule has 3 rings (SSSR count). The van der Waals surface area contributed by atoms with E-state index in [2.05, 4.69) is 15.5 Å². The molecule has 2 N–H and O–H groups in total. The lowest BCUT2D eigenvalue weighted by Crippen LogP contribution is -2.53. The summed E-state index contributed by atoms with van der Waals surface area (Å²) in [5.41, 5.74) is 5.33. The van der Waals surface area contributed by atoms with Gasteiger partial charge in [0.2, 0.25) is 5.16 Å². The van der Waals surface area contributed by atoms with Crippen molar-refractivity contribution in [2.75, 3.05) is 12.9 Å². The number of thioether (sulfide) groups is 1. The Bertz CT molecular complexity index is 485. The van der Waals surface area contributed by atoms with Gasteiger partial charge in [0.25, 0.3) is 0 Å². The zero-order valence-corrected chi connectivity index (χ0v) is 11.6. The first-order valence-corrected chi connectivity index (χ1v) is 7.41. The number of methoxy groups -OCH3 is 1. The third-order valence-corrected chi connectivity index (χ3v) is 4.82. The number of hydrogen-bond acceptors (Lipinski definition) is 7. The third kappa shape index (κ3) is 2.46. The standard InChI is InChI=1S/C11H17N5O2S/c1-18-9(17)11(12,7-2-3-7)6-19-10-13-14-15-16(10)8-4-5-8/h7-8H,2-6,12H2,1H3. The van der Waals surface area contributed by atoms with Gasteiger partial charge in [-0.25, -0.2) is 4.68 Å². The Kier molecular flexibility index (Phi) is 3.22. The molecule has 104 valence electrons. The molecule has 19 heavy (non-hydrogen) atoms. The van der Waals surface area contributed by atoms with Crippen molar-refractivity contribution >= 4 is 17.7 Å². The molecule has 0 spiro atoms. The highest BCUT2D eigenvalue weighted by Gasteiger charge is 2.49. The first kappa shape index (κ1) is 12.9. The number of rotatable bonds is 6. The Hall–Kier alpha value is -1.15. The number of carbonyl (C=O) groups excluding carboxylic acids is 1. The molecule has 0 radical (unpaired) electrons. The molecule has 1 aromatic rings. The van der Waals surface area contributed by atoms with E-state index in [9.17, 15) is 4.79 Å². The van der Waals surface area contributed by atoms with Crippen LogP contribution in [-0.4, -0.2) is 44.6 Å². The second-order valence-electron chi connectivity index (χ2n) is 5.23. The smallest absolute Gasteiger partial charge is 0.327 e. The molecule has 0 amide bonds. The second-order valence-corrected chi connectivity index (χ2v) is 6.17. The molecular weight excluding hydrogens is 266 g/mol. The fourth-order valence-electron chi connectivity index (χ4n) is 2.14. The molecule has 7 nitrogen and oxygen atoms in total. The summed E-state index contributed by atoms with van der Waals surface area (Å²) < 4.78 is 6.67. The number of hydrogen-bond donors (Lipinski definition) is 1. The van der Waals surface area contributed by atoms with Crippen molar-refractivity contribution in [1.29, 1.82) is 0 Å². The van der Waals surface area contributed by atoms with Gasteiger partial charge >= 0.3 is 5.97 Å². The SMILES string of the molecule is COC(=O)C(N)(CSc1nnnn1C1CC1)C1CC1. The molecule has 2 aliphatic carbocycles. The van der Waals surface area contributed by atoms with Crippen molar-refractivity contribution in [2.24, 2.45) is 11.7 Å². The summed E-state index contributed by atoms with van der Waals surface area (Å²) >= 11 is 1.44. The van der Waals surface area contributed by atoms with Crippen LogP contribution in [0.1, 0.15) is 31.7 Å². The maximum absolute atomic E-state index is 11.9. The maximum Gasteiger partial charge on any atom is 0.327 e. The highest BCUT2D eigenvalue weighted by Crippen LogP contribution is 2.42. The first-order chi connectivity index (χ1) is 9.15. The fraction of sp³-hybridized carbons (Fsp3) is 0.818. The molecule has 2 aliphatic rings. The Balaban J connectivity index is 1.69. The highest BCUT2D eigenvalue weighted by molar-refractivity contribution is 7.99. The predicted molar refractivity (Wildman–Crippen MR) is 68.5 cm³/mol. The van der Waals surface area contributed by atoms with Gasteiger partial charge in [0.05, 0.1) is 13.2 Å². The van der Waals surface area contributed by atoms with E-state index in [0.29, 0.717) is 11.8 Å². The van der Waals surface area contributed by atoms with E-state index in [-0.39, 0.29) is 11.9 Å². The van der Waals surface area contributed by atoms with E-state index in [0.717, 1.165) is 30.8 Å². The maximum atomic E-state index is 11.9. The Morgan fingerprint density at radius 3 is 2.84 bits per heavy atom. The van der Waals surface area contributed by atoms with Gasteiger partial charge in [-0.3, -0.25) is 4.79 Å². The number of carbonyl (C=O) groups is 1. The van der Waals surface area contributed by atoms with Crippen LogP contribution in [0.25, 0.3) is 0 Å². The molecule has 0 aromatic carbocycles. The summed E-state index contributed by atoms with van der Waals surface area (Å²) in [6, 6.07) is 0.420. The van der Waals surface area contributed by atoms with Gasteiger partial charge in [0.15, 0.2) is 0 Å². The Morgan fingerprint density at radius 2 is 2.26 bits per heavy atom. The highest BCUT2D eigenvalue weighted by atomic mass is 32.2. The minimum absolute atomic E-state index is 0.220. The number of tetrazole rings is 1. The second kappa shape index (κ2) is 4.75. The van der Waals surface area contributed by atoms with Crippen LogP contribution in [0.15, 0.2) is 5.16 Å². The summed E-state index contributed by atoms with van der Waals surface area (Å²) in [5.74, 6) is 0.336. The third-order valence-electron chi connectivity index (χ3n) is 3.67. The van der Waals surface area contributed by atoms with Crippen molar-refractivity contribution < 1.29 is 9.53 Å². The van der Waals surface area contributed by atoms with Gasteiger partial charge in [0, 0.05) is 5.75 Å². The van der Waals surface area contributed by atoms with Crippen LogP contribution in [0.3, 0.4) is 0 Å². The molecule has 0 saturated heterocycles. The quantitative estimate of drug-likeness (QED) is 0.595. The molecule has 1 atom stereocenters. The number of ether oxygens (including phenoxy) is 1. The van der Waals surface area contributed by atoms with Crippen molar-refractivity contribution in [1.82, 2.24) is 20.2 Å². The van der Waals surface area contributed by atoms with E-state index in [4.69, 9.17) is 10.5 Å². The first-order valence-electron chi connectivity index (χ1n) is 6.43. The molecule has 0 bridgehead atoms. The topological polar surface area (TPSA) is 95.9 Å². The minimum atomic E-state index is -0.917. The van der Waals surface area contributed by atoms with Crippen LogP contribution in [0.2, 0.25) is 0 Å². The predicted octanol–water partition coefficient (Wildman–Crippen LogP) is 0.381. The average Bonchev–Trinajstić information content (AvgIpc) is 3.33. The van der Waals surface area contributed by atoms with E-state index in [1.54, 1.807) is 0 Å². The minimum Gasteiger partial charge on any atom is -0.468 e. The van der Waals surface area contributed by atoms with Crippen LogP contribution < -0.4 is 5.73 Å². The van der Waals surface area contributed by atoms with E-state index in [1.165, 1.54) is 18.9 Å². The van der Waals surface area contributed by atoms with Gasteiger partial charge in [-0.2, -0.15) is 0 Å². The summed E-state index contributed by atoms with van der Waals surface area (Å²) in [7, 11) is 1.38. The van der Waals surface area contributed by atoms with Crippen LogP contribution >= 0.6 is 11.8 Å². The van der Waals surface area contributed by atoms with Crippen LogP contribution in [0, 0.1) is 5.92 Å². The molecule has 2 saturated carbocycles. The number of nitrogens with zero attached hydrogens (tertiary/aromatic N) is 4. The van der Waals surface area contributed by atoms with Gasteiger partial charge in [-0.15, -0.1) is 5.10 Å². The fourth-order valence-corrected chi connectivity index (χ4v) is 3.28. The van der Waals surface area contributed by atoms with Crippen molar-refractivity contribution in [3.05, 3.63) is 0 Å². The molecule has 1 aromatic heterocycles. The van der Waals surface area contributed by atoms with Gasteiger partial charge in [-0.1, -0.05) is 11.8 Å². The summed E-state index contributed by atoms with van der Waals surface area (Å²) in [4.78, 5) is 11.9.